The summed E-state index contributed by atoms with van der Waals surface area (Å²) < 4.78 is 1.65. The Kier molecular flexibility index (Phi) is 3.10. The Morgan fingerprint density at radius 2 is 2.00 bits per heavy atom. The van der Waals surface area contributed by atoms with Crippen molar-refractivity contribution in [2.45, 2.75) is 26.7 Å². The van der Waals surface area contributed by atoms with Crippen LogP contribution in [0, 0.1) is 13.8 Å². The number of H-pyrrole nitrogens is 1. The van der Waals surface area contributed by atoms with Crippen LogP contribution >= 0.6 is 0 Å². The number of hydrogen-bond donors (Lipinski definition) is 1. The molecule has 5 nitrogen and oxygen atoms in total. The van der Waals surface area contributed by atoms with Gasteiger partial charge in [0.1, 0.15) is 11.5 Å². The number of fused-ring (bicyclic) bond motifs is 1. The highest BCUT2D eigenvalue weighted by atomic mass is 16.1. The van der Waals surface area contributed by atoms with E-state index in [1.54, 1.807) is 11.4 Å². The van der Waals surface area contributed by atoms with Crippen molar-refractivity contribution < 1.29 is 4.79 Å². The van der Waals surface area contributed by atoms with E-state index in [0.29, 0.717) is 17.2 Å². The van der Waals surface area contributed by atoms with E-state index >= 15 is 0 Å². The normalized spacial score (nSPS) is 11.1. The minimum Gasteiger partial charge on any atom is -0.296 e. The average molecular weight is 268 g/mol. The van der Waals surface area contributed by atoms with E-state index in [-0.39, 0.29) is 0 Å². The van der Waals surface area contributed by atoms with Crippen LogP contribution in [-0.2, 0) is 12.8 Å². The maximum atomic E-state index is 11.0. The molecule has 0 unspecified atom stereocenters. The number of aldehydes is 1. The van der Waals surface area contributed by atoms with Gasteiger partial charge in [0.15, 0.2) is 6.29 Å². The van der Waals surface area contributed by atoms with Crippen molar-refractivity contribution in [2.75, 3.05) is 0 Å². The van der Waals surface area contributed by atoms with Crippen LogP contribution in [0.3, 0.4) is 0 Å². The molecule has 5 heteroatoms. The van der Waals surface area contributed by atoms with Crippen LogP contribution in [0.2, 0.25) is 0 Å². The van der Waals surface area contributed by atoms with Gasteiger partial charge >= 0.3 is 0 Å². The Balaban J connectivity index is 1.83. The molecule has 0 aliphatic carbocycles. The summed E-state index contributed by atoms with van der Waals surface area (Å²) >= 11 is 0. The minimum atomic E-state index is 0.537. The molecule has 0 fully saturated rings. The third-order valence-corrected chi connectivity index (χ3v) is 3.56. The molecule has 0 aliphatic heterocycles. The molecular formula is C15H16N4O. The monoisotopic (exact) mass is 268 g/mol. The Morgan fingerprint density at radius 3 is 2.75 bits per heavy atom. The lowest BCUT2D eigenvalue weighted by atomic mass is 10.0. The fraction of sp³-hybridized carbons (Fsp3) is 0.267. The summed E-state index contributed by atoms with van der Waals surface area (Å²) in [5, 5.41) is 3.14. The van der Waals surface area contributed by atoms with Gasteiger partial charge in [-0.3, -0.25) is 9.89 Å². The third kappa shape index (κ3) is 2.11. The smallest absolute Gasteiger partial charge is 0.251 e. The first kappa shape index (κ1) is 12.6. The molecule has 0 saturated heterocycles. The Hall–Kier alpha value is -2.43. The van der Waals surface area contributed by atoms with E-state index in [4.69, 9.17) is 0 Å². The molecule has 0 aliphatic rings. The summed E-state index contributed by atoms with van der Waals surface area (Å²) in [5.41, 5.74) is 3.83. The zero-order chi connectivity index (χ0) is 14.1. The van der Waals surface area contributed by atoms with Crippen molar-refractivity contribution in [2.24, 2.45) is 0 Å². The largest absolute Gasteiger partial charge is 0.296 e. The zero-order valence-corrected chi connectivity index (χ0v) is 11.6. The van der Waals surface area contributed by atoms with E-state index in [1.165, 1.54) is 11.1 Å². The van der Waals surface area contributed by atoms with E-state index in [1.807, 2.05) is 12.1 Å². The van der Waals surface area contributed by atoms with Crippen molar-refractivity contribution in [3.63, 3.8) is 0 Å². The topological polar surface area (TPSA) is 63.1 Å². The lowest BCUT2D eigenvalue weighted by molar-refractivity contribution is 0.111. The fourth-order valence-electron chi connectivity index (χ4n) is 2.38. The number of aromatic nitrogens is 4. The summed E-state index contributed by atoms with van der Waals surface area (Å²) in [5.74, 6) is 1.41. The van der Waals surface area contributed by atoms with Crippen molar-refractivity contribution in [3.8, 4) is 0 Å². The number of nitrogens with zero attached hydrogens (tertiary/aromatic N) is 3. The number of aryl methyl sites for hydroxylation is 4. The number of aromatic amines is 1. The lowest BCUT2D eigenvalue weighted by Gasteiger charge is -2.03. The highest BCUT2D eigenvalue weighted by Crippen LogP contribution is 2.12. The highest BCUT2D eigenvalue weighted by Gasteiger charge is 2.12. The van der Waals surface area contributed by atoms with Gasteiger partial charge in [-0.25, -0.2) is 9.50 Å². The molecule has 2 heterocycles. The van der Waals surface area contributed by atoms with Gasteiger partial charge in [-0.15, -0.1) is 0 Å². The number of nitrogens with one attached hydrogen (secondary N) is 1. The first-order valence-corrected chi connectivity index (χ1v) is 6.62. The molecule has 0 bridgehead atoms. The van der Waals surface area contributed by atoms with Gasteiger partial charge in [0.25, 0.3) is 5.78 Å². The summed E-state index contributed by atoms with van der Waals surface area (Å²) in [6.45, 7) is 3.91. The fourth-order valence-corrected chi connectivity index (χ4v) is 2.38. The summed E-state index contributed by atoms with van der Waals surface area (Å²) in [7, 11) is 0. The van der Waals surface area contributed by atoms with Crippen molar-refractivity contribution in [1.29, 1.82) is 0 Å². The zero-order valence-electron chi connectivity index (χ0n) is 11.6. The van der Waals surface area contributed by atoms with Gasteiger partial charge in [0, 0.05) is 6.42 Å². The first-order chi connectivity index (χ1) is 9.69. The van der Waals surface area contributed by atoms with Gasteiger partial charge in [-0.1, -0.05) is 24.3 Å². The van der Waals surface area contributed by atoms with Crippen LogP contribution in [0.25, 0.3) is 5.78 Å². The molecule has 2 aromatic heterocycles. The molecule has 0 saturated carbocycles. The Morgan fingerprint density at radius 1 is 1.20 bits per heavy atom. The summed E-state index contributed by atoms with van der Waals surface area (Å²) in [6.07, 6.45) is 2.52. The van der Waals surface area contributed by atoms with Gasteiger partial charge < -0.3 is 0 Å². The van der Waals surface area contributed by atoms with Crippen molar-refractivity contribution in [1.82, 2.24) is 19.6 Å². The number of benzene rings is 1. The van der Waals surface area contributed by atoms with Crippen LogP contribution in [-0.4, -0.2) is 25.9 Å². The highest BCUT2D eigenvalue weighted by molar-refractivity contribution is 5.75. The molecule has 0 atom stereocenters. The standard InChI is InChI=1S/C15H16N4O/c1-10-5-3-4-6-12(10)7-8-14-17-15-16-11(2)13(9-20)19(15)18-14/h3-6,9H,7-8H2,1-2H3,(H,16,17,18). The van der Waals surface area contributed by atoms with Gasteiger partial charge in [-0.2, -0.15) is 4.98 Å². The van der Waals surface area contributed by atoms with Crippen LogP contribution in [0.15, 0.2) is 24.3 Å². The number of carbonyl (C=O) groups excluding carboxylic acids is 1. The van der Waals surface area contributed by atoms with Crippen molar-refractivity contribution >= 4 is 12.1 Å². The predicted octanol–water partition coefficient (Wildman–Crippen LogP) is 2.27. The summed E-state index contributed by atoms with van der Waals surface area (Å²) in [4.78, 5) is 19.7. The second-order valence-corrected chi connectivity index (χ2v) is 4.93. The maximum absolute atomic E-state index is 11.0. The SMILES string of the molecule is Cc1ccccc1CCc1nc2nc(C)c(C=O)n2[nH]1. The van der Waals surface area contributed by atoms with Gasteiger partial charge in [0.2, 0.25) is 0 Å². The predicted molar refractivity (Wildman–Crippen MR) is 76.0 cm³/mol. The second-order valence-electron chi connectivity index (χ2n) is 4.93. The second kappa shape index (κ2) is 4.92. The van der Waals surface area contributed by atoms with E-state index in [0.717, 1.165) is 25.0 Å². The molecule has 1 aromatic carbocycles. The van der Waals surface area contributed by atoms with Gasteiger partial charge in [-0.05, 0) is 31.4 Å². The number of hydrogen-bond acceptors (Lipinski definition) is 3. The Bertz CT molecular complexity index is 769. The van der Waals surface area contributed by atoms with Crippen LogP contribution in [0.5, 0.6) is 0 Å². The molecule has 3 aromatic rings. The van der Waals surface area contributed by atoms with E-state index in [9.17, 15) is 4.79 Å². The Labute approximate surface area is 116 Å². The number of imidazole rings is 1. The van der Waals surface area contributed by atoms with E-state index < -0.39 is 0 Å². The molecule has 1 N–H and O–H groups in total. The maximum Gasteiger partial charge on any atom is 0.251 e. The number of rotatable bonds is 4. The summed E-state index contributed by atoms with van der Waals surface area (Å²) in [6, 6.07) is 8.33. The van der Waals surface area contributed by atoms with Gasteiger partial charge in [0.05, 0.1) is 5.69 Å². The molecule has 0 radical (unpaired) electrons. The molecule has 20 heavy (non-hydrogen) atoms. The minimum absolute atomic E-state index is 0.537. The van der Waals surface area contributed by atoms with Crippen molar-refractivity contribution in [3.05, 3.63) is 52.6 Å². The molecule has 0 spiro atoms. The third-order valence-electron chi connectivity index (χ3n) is 3.56. The first-order valence-electron chi connectivity index (χ1n) is 6.62. The molecule has 102 valence electrons. The lowest BCUT2D eigenvalue weighted by Crippen LogP contribution is -1.98. The van der Waals surface area contributed by atoms with Crippen LogP contribution in [0.1, 0.15) is 33.1 Å². The van der Waals surface area contributed by atoms with Crippen LogP contribution in [0.4, 0.5) is 0 Å². The quantitative estimate of drug-likeness (QED) is 0.738. The molecule has 3 rings (SSSR count). The van der Waals surface area contributed by atoms with E-state index in [2.05, 4.69) is 34.1 Å². The molecule has 0 amide bonds. The number of carbonyl (C=O) groups is 1. The average Bonchev–Trinajstić information content (AvgIpc) is 2.93. The van der Waals surface area contributed by atoms with Crippen LogP contribution < -0.4 is 0 Å². The molecular weight excluding hydrogens is 252 g/mol.